The Morgan fingerprint density at radius 1 is 1.64 bits per heavy atom. The molecule has 2 N–H and O–H groups in total. The predicted octanol–water partition coefficient (Wildman–Crippen LogP) is 0.360. The van der Waals surface area contributed by atoms with Crippen LogP contribution in [0.15, 0.2) is 18.5 Å². The van der Waals surface area contributed by atoms with E-state index in [-0.39, 0.29) is 0 Å². The zero-order valence-corrected chi connectivity index (χ0v) is 6.33. The standard InChI is InChI=1S/C8H11N3/c9-6-11-4-2-7-5-10-3-1-8(7)11/h1,3,5H,2,4,6,9H2. The highest BCUT2D eigenvalue weighted by molar-refractivity contribution is 5.56. The fourth-order valence-electron chi connectivity index (χ4n) is 1.49. The third kappa shape index (κ3) is 0.973. The van der Waals surface area contributed by atoms with E-state index >= 15 is 0 Å². The lowest BCUT2D eigenvalue weighted by Crippen LogP contribution is -2.27. The maximum Gasteiger partial charge on any atom is 0.0657 e. The molecule has 1 aliphatic heterocycles. The number of nitrogens with zero attached hydrogens (tertiary/aromatic N) is 2. The molecule has 0 bridgehead atoms. The van der Waals surface area contributed by atoms with E-state index in [4.69, 9.17) is 5.73 Å². The van der Waals surface area contributed by atoms with E-state index in [0.29, 0.717) is 6.67 Å². The van der Waals surface area contributed by atoms with E-state index in [0.717, 1.165) is 13.0 Å². The van der Waals surface area contributed by atoms with Crippen LogP contribution in [0.3, 0.4) is 0 Å². The smallest absolute Gasteiger partial charge is 0.0657 e. The van der Waals surface area contributed by atoms with Crippen LogP contribution in [0.25, 0.3) is 0 Å². The number of fused-ring (bicyclic) bond motifs is 1. The number of anilines is 1. The summed E-state index contributed by atoms with van der Waals surface area (Å²) in [6.45, 7) is 1.65. The molecule has 0 atom stereocenters. The van der Waals surface area contributed by atoms with Gasteiger partial charge in [-0.2, -0.15) is 0 Å². The van der Waals surface area contributed by atoms with Gasteiger partial charge in [-0.3, -0.25) is 4.98 Å². The first-order chi connectivity index (χ1) is 5.42. The summed E-state index contributed by atoms with van der Waals surface area (Å²) in [5, 5.41) is 0. The van der Waals surface area contributed by atoms with Crippen molar-refractivity contribution in [3.63, 3.8) is 0 Å². The van der Waals surface area contributed by atoms with Crippen molar-refractivity contribution in [3.8, 4) is 0 Å². The van der Waals surface area contributed by atoms with Gasteiger partial charge in [0.25, 0.3) is 0 Å². The molecule has 1 aromatic heterocycles. The molecule has 2 rings (SSSR count). The molecule has 0 spiro atoms. The van der Waals surface area contributed by atoms with E-state index in [1.165, 1.54) is 11.3 Å². The lowest BCUT2D eigenvalue weighted by atomic mass is 10.2. The molecule has 3 nitrogen and oxygen atoms in total. The second kappa shape index (κ2) is 2.51. The molecule has 0 unspecified atom stereocenters. The average Bonchev–Trinajstić information content (AvgIpc) is 2.47. The van der Waals surface area contributed by atoms with Gasteiger partial charge in [0.15, 0.2) is 0 Å². The summed E-state index contributed by atoms with van der Waals surface area (Å²) in [6.07, 6.45) is 4.82. The van der Waals surface area contributed by atoms with Gasteiger partial charge in [0, 0.05) is 24.6 Å². The molecule has 0 aliphatic carbocycles. The molecule has 0 radical (unpaired) electrons. The van der Waals surface area contributed by atoms with Crippen molar-refractivity contribution in [1.29, 1.82) is 0 Å². The number of nitrogens with two attached hydrogens (primary N) is 1. The highest BCUT2D eigenvalue weighted by Gasteiger charge is 2.16. The van der Waals surface area contributed by atoms with Crippen LogP contribution in [-0.4, -0.2) is 18.2 Å². The minimum absolute atomic E-state index is 0.608. The van der Waals surface area contributed by atoms with Crippen LogP contribution in [-0.2, 0) is 6.42 Å². The van der Waals surface area contributed by atoms with E-state index in [1.54, 1.807) is 0 Å². The summed E-state index contributed by atoms with van der Waals surface area (Å²) in [7, 11) is 0. The first-order valence-corrected chi connectivity index (χ1v) is 3.79. The lowest BCUT2D eigenvalue weighted by Gasteiger charge is -2.15. The third-order valence-electron chi connectivity index (χ3n) is 2.09. The van der Waals surface area contributed by atoms with Crippen LogP contribution in [0.2, 0.25) is 0 Å². The highest BCUT2D eigenvalue weighted by atomic mass is 15.2. The SMILES string of the molecule is NCN1CCc2cnccc21. The second-order valence-corrected chi connectivity index (χ2v) is 2.70. The zero-order valence-electron chi connectivity index (χ0n) is 6.33. The third-order valence-corrected chi connectivity index (χ3v) is 2.09. The van der Waals surface area contributed by atoms with E-state index in [9.17, 15) is 0 Å². The van der Waals surface area contributed by atoms with Gasteiger partial charge in [0.1, 0.15) is 0 Å². The molecule has 2 heterocycles. The number of hydrogen-bond donors (Lipinski definition) is 1. The topological polar surface area (TPSA) is 42.1 Å². The molecular formula is C8H11N3. The first-order valence-electron chi connectivity index (χ1n) is 3.79. The fourth-order valence-corrected chi connectivity index (χ4v) is 1.49. The molecular weight excluding hydrogens is 138 g/mol. The Bertz CT molecular complexity index is 259. The molecule has 0 fully saturated rings. The number of rotatable bonds is 1. The van der Waals surface area contributed by atoms with Gasteiger partial charge < -0.3 is 10.6 Å². The summed E-state index contributed by atoms with van der Waals surface area (Å²) in [4.78, 5) is 6.22. The summed E-state index contributed by atoms with van der Waals surface area (Å²) in [5.41, 5.74) is 8.12. The van der Waals surface area contributed by atoms with Crippen molar-refractivity contribution in [3.05, 3.63) is 24.0 Å². The number of hydrogen-bond acceptors (Lipinski definition) is 3. The molecule has 0 amide bonds. The summed E-state index contributed by atoms with van der Waals surface area (Å²) in [6, 6.07) is 2.02. The van der Waals surface area contributed by atoms with E-state index in [1.807, 2.05) is 18.5 Å². The van der Waals surface area contributed by atoms with Gasteiger partial charge >= 0.3 is 0 Å². The van der Waals surface area contributed by atoms with E-state index < -0.39 is 0 Å². The highest BCUT2D eigenvalue weighted by Crippen LogP contribution is 2.24. The maximum absolute atomic E-state index is 5.55. The minimum atomic E-state index is 0.608. The van der Waals surface area contributed by atoms with Gasteiger partial charge in [-0.1, -0.05) is 0 Å². The van der Waals surface area contributed by atoms with Crippen LogP contribution >= 0.6 is 0 Å². The van der Waals surface area contributed by atoms with Crippen molar-refractivity contribution in [2.45, 2.75) is 6.42 Å². The van der Waals surface area contributed by atoms with Crippen LogP contribution < -0.4 is 10.6 Å². The van der Waals surface area contributed by atoms with Crippen LogP contribution in [0, 0.1) is 0 Å². The van der Waals surface area contributed by atoms with Gasteiger partial charge in [-0.15, -0.1) is 0 Å². The molecule has 3 heteroatoms. The Morgan fingerprint density at radius 2 is 2.55 bits per heavy atom. The quantitative estimate of drug-likeness (QED) is 0.627. The monoisotopic (exact) mass is 149 g/mol. The summed E-state index contributed by atoms with van der Waals surface area (Å²) < 4.78 is 0. The summed E-state index contributed by atoms with van der Waals surface area (Å²) in [5.74, 6) is 0. The molecule has 1 aromatic rings. The summed E-state index contributed by atoms with van der Waals surface area (Å²) >= 11 is 0. The van der Waals surface area contributed by atoms with Gasteiger partial charge in [-0.25, -0.2) is 0 Å². The zero-order chi connectivity index (χ0) is 7.68. The predicted molar refractivity (Wildman–Crippen MR) is 44.3 cm³/mol. The average molecular weight is 149 g/mol. The van der Waals surface area contributed by atoms with E-state index in [2.05, 4.69) is 9.88 Å². The van der Waals surface area contributed by atoms with Gasteiger partial charge in [-0.05, 0) is 18.1 Å². The Balaban J connectivity index is 2.39. The van der Waals surface area contributed by atoms with Crippen molar-refractivity contribution in [2.75, 3.05) is 18.1 Å². The van der Waals surface area contributed by atoms with Crippen LogP contribution in [0.4, 0.5) is 5.69 Å². The van der Waals surface area contributed by atoms with Crippen molar-refractivity contribution in [2.24, 2.45) is 5.73 Å². The molecule has 58 valence electrons. The molecule has 0 saturated carbocycles. The fraction of sp³-hybridized carbons (Fsp3) is 0.375. The lowest BCUT2D eigenvalue weighted by molar-refractivity contribution is 0.847. The number of pyridine rings is 1. The van der Waals surface area contributed by atoms with Crippen LogP contribution in [0.5, 0.6) is 0 Å². The molecule has 0 aromatic carbocycles. The Labute approximate surface area is 65.8 Å². The van der Waals surface area contributed by atoms with Crippen molar-refractivity contribution in [1.82, 2.24) is 4.98 Å². The Hall–Kier alpha value is -1.09. The van der Waals surface area contributed by atoms with Crippen molar-refractivity contribution >= 4 is 5.69 Å². The minimum Gasteiger partial charge on any atom is -0.358 e. The Morgan fingerprint density at radius 3 is 3.36 bits per heavy atom. The van der Waals surface area contributed by atoms with Crippen molar-refractivity contribution < 1.29 is 0 Å². The second-order valence-electron chi connectivity index (χ2n) is 2.70. The Kier molecular flexibility index (Phi) is 1.51. The first kappa shape index (κ1) is 6.61. The number of aromatic nitrogens is 1. The van der Waals surface area contributed by atoms with Crippen LogP contribution in [0.1, 0.15) is 5.56 Å². The maximum atomic E-state index is 5.55. The molecule has 0 saturated heterocycles. The van der Waals surface area contributed by atoms with Gasteiger partial charge in [0.2, 0.25) is 0 Å². The molecule has 1 aliphatic rings. The van der Waals surface area contributed by atoms with Gasteiger partial charge in [0.05, 0.1) is 6.67 Å². The molecule has 11 heavy (non-hydrogen) atoms. The normalized spacial score (nSPS) is 15.2. The largest absolute Gasteiger partial charge is 0.358 e.